The summed E-state index contributed by atoms with van der Waals surface area (Å²) in [6.45, 7) is 2.08. The number of amides is 1. The Kier molecular flexibility index (Phi) is 4.83. The van der Waals surface area contributed by atoms with Gasteiger partial charge in [0.1, 0.15) is 6.04 Å². The van der Waals surface area contributed by atoms with E-state index in [0.717, 1.165) is 0 Å². The Hall–Kier alpha value is -3.20. The first-order chi connectivity index (χ1) is 13.9. The van der Waals surface area contributed by atoms with Crippen LogP contribution >= 0.6 is 0 Å². The second kappa shape index (κ2) is 7.32. The summed E-state index contributed by atoms with van der Waals surface area (Å²) in [5, 5.41) is 3.21. The van der Waals surface area contributed by atoms with Crippen molar-refractivity contribution in [3.05, 3.63) is 65.2 Å². The highest BCUT2D eigenvalue weighted by atomic mass is 32.2. The third-order valence-corrected chi connectivity index (χ3v) is 6.88. The molecule has 3 aromatic rings. The van der Waals surface area contributed by atoms with Crippen molar-refractivity contribution in [2.45, 2.75) is 19.4 Å². The van der Waals surface area contributed by atoms with E-state index >= 15 is 0 Å². The minimum atomic E-state index is -3.25. The molecule has 0 unspecified atom stereocenters. The second-order valence-electron chi connectivity index (χ2n) is 6.93. The van der Waals surface area contributed by atoms with E-state index in [0.29, 0.717) is 35.2 Å². The van der Waals surface area contributed by atoms with Crippen LogP contribution in [0, 0.1) is 0 Å². The summed E-state index contributed by atoms with van der Waals surface area (Å²) >= 11 is 0. The summed E-state index contributed by atoms with van der Waals surface area (Å²) in [6.07, 6.45) is 1.98. The number of carbonyl (C=O) groups excluding carboxylic acids is 1. The van der Waals surface area contributed by atoms with Gasteiger partial charge in [-0.2, -0.15) is 0 Å². The molecule has 2 aromatic carbocycles. The van der Waals surface area contributed by atoms with Gasteiger partial charge in [-0.1, -0.05) is 12.1 Å². The van der Waals surface area contributed by atoms with Crippen LogP contribution in [0.25, 0.3) is 10.9 Å². The number of nitrogens with one attached hydrogen (secondary N) is 1. The van der Waals surface area contributed by atoms with Gasteiger partial charge in [-0.25, -0.2) is 13.4 Å². The highest BCUT2D eigenvalue weighted by Crippen LogP contribution is 2.25. The number of carbonyl (C=O) groups is 1. The van der Waals surface area contributed by atoms with Crippen molar-refractivity contribution in [3.63, 3.8) is 0 Å². The SMILES string of the molecule is C[C@H](C(=O)Nc1ccc(N2CCCS2(=O)=O)cc1)n1cnc2ccccc2c1=O. The molecule has 150 valence electrons. The molecule has 0 radical (unpaired) electrons. The van der Waals surface area contributed by atoms with E-state index in [4.69, 9.17) is 0 Å². The maximum Gasteiger partial charge on any atom is 0.261 e. The fourth-order valence-corrected chi connectivity index (χ4v) is 4.94. The summed E-state index contributed by atoms with van der Waals surface area (Å²) in [5.41, 5.74) is 1.38. The molecule has 0 bridgehead atoms. The number of benzene rings is 2. The second-order valence-corrected chi connectivity index (χ2v) is 8.94. The van der Waals surface area contributed by atoms with Crippen LogP contribution in [0.15, 0.2) is 59.7 Å². The highest BCUT2D eigenvalue weighted by molar-refractivity contribution is 7.93. The average Bonchev–Trinajstić information content (AvgIpc) is 3.07. The van der Waals surface area contributed by atoms with Crippen LogP contribution in [-0.4, -0.2) is 36.2 Å². The highest BCUT2D eigenvalue weighted by Gasteiger charge is 2.28. The van der Waals surface area contributed by atoms with Crippen LogP contribution < -0.4 is 15.2 Å². The average molecular weight is 412 g/mol. The Bertz CT molecular complexity index is 1240. The number of rotatable bonds is 4. The quantitative estimate of drug-likeness (QED) is 0.707. The molecular weight excluding hydrogens is 392 g/mol. The number of hydrogen-bond acceptors (Lipinski definition) is 5. The molecule has 1 saturated heterocycles. The van der Waals surface area contributed by atoms with E-state index in [1.54, 1.807) is 55.5 Å². The summed E-state index contributed by atoms with van der Waals surface area (Å²) in [6, 6.07) is 12.8. The fraction of sp³-hybridized carbons (Fsp3) is 0.250. The van der Waals surface area contributed by atoms with E-state index in [-0.39, 0.29) is 17.2 Å². The van der Waals surface area contributed by atoms with Crippen LogP contribution in [0.5, 0.6) is 0 Å². The van der Waals surface area contributed by atoms with Gasteiger partial charge in [-0.15, -0.1) is 0 Å². The Morgan fingerprint density at radius 1 is 1.14 bits per heavy atom. The van der Waals surface area contributed by atoms with E-state index in [2.05, 4.69) is 10.3 Å². The Balaban J connectivity index is 1.52. The molecule has 0 aliphatic carbocycles. The largest absolute Gasteiger partial charge is 0.324 e. The zero-order valence-electron chi connectivity index (χ0n) is 15.8. The van der Waals surface area contributed by atoms with Gasteiger partial charge in [0, 0.05) is 12.2 Å². The number of nitrogens with zero attached hydrogens (tertiary/aromatic N) is 3. The summed E-state index contributed by atoms with van der Waals surface area (Å²) < 4.78 is 26.7. The predicted octanol–water partition coefficient (Wildman–Crippen LogP) is 2.14. The van der Waals surface area contributed by atoms with Crippen molar-refractivity contribution >= 4 is 38.2 Å². The van der Waals surface area contributed by atoms with Gasteiger partial charge in [0.15, 0.2) is 0 Å². The van der Waals surface area contributed by atoms with E-state index < -0.39 is 16.1 Å². The van der Waals surface area contributed by atoms with Crippen molar-refractivity contribution < 1.29 is 13.2 Å². The maximum atomic E-state index is 12.7. The number of anilines is 2. The molecule has 1 N–H and O–H groups in total. The minimum absolute atomic E-state index is 0.150. The van der Waals surface area contributed by atoms with Gasteiger partial charge in [0.25, 0.3) is 5.56 Å². The van der Waals surface area contributed by atoms with Gasteiger partial charge in [-0.3, -0.25) is 18.5 Å². The molecule has 0 saturated carbocycles. The predicted molar refractivity (Wildman–Crippen MR) is 112 cm³/mol. The normalized spacial score (nSPS) is 16.7. The zero-order valence-corrected chi connectivity index (χ0v) is 16.6. The monoisotopic (exact) mass is 412 g/mol. The third kappa shape index (κ3) is 3.61. The van der Waals surface area contributed by atoms with Crippen LogP contribution in [0.4, 0.5) is 11.4 Å². The van der Waals surface area contributed by atoms with Gasteiger partial charge < -0.3 is 5.32 Å². The smallest absolute Gasteiger partial charge is 0.261 e. The van der Waals surface area contributed by atoms with Crippen molar-refractivity contribution in [1.82, 2.24) is 9.55 Å². The standard InChI is InChI=1S/C20H20N4O4S/c1-14(23-13-21-18-6-3-2-5-17(18)20(23)26)19(25)22-15-7-9-16(10-8-15)24-11-4-12-29(24,27)28/h2-3,5-10,13-14H,4,11-12H2,1H3,(H,22,25)/t14-/m1/s1. The molecule has 29 heavy (non-hydrogen) atoms. The van der Waals surface area contributed by atoms with Crippen molar-refractivity contribution in [1.29, 1.82) is 0 Å². The lowest BCUT2D eigenvalue weighted by molar-refractivity contribution is -0.118. The Morgan fingerprint density at radius 2 is 1.86 bits per heavy atom. The van der Waals surface area contributed by atoms with Crippen LogP contribution in [0.1, 0.15) is 19.4 Å². The number of sulfonamides is 1. The molecule has 1 aromatic heterocycles. The number of hydrogen-bond donors (Lipinski definition) is 1. The van der Waals surface area contributed by atoms with E-state index in [9.17, 15) is 18.0 Å². The molecule has 0 spiro atoms. The number of aromatic nitrogens is 2. The number of para-hydroxylation sites is 1. The molecule has 8 nitrogen and oxygen atoms in total. The molecule has 1 aliphatic heterocycles. The van der Waals surface area contributed by atoms with Crippen LogP contribution in [0.2, 0.25) is 0 Å². The van der Waals surface area contributed by atoms with Gasteiger partial charge in [0.2, 0.25) is 15.9 Å². The maximum absolute atomic E-state index is 12.7. The minimum Gasteiger partial charge on any atom is -0.324 e. The Labute approximate surface area is 167 Å². The van der Waals surface area contributed by atoms with Crippen molar-refractivity contribution in [2.24, 2.45) is 0 Å². The molecule has 1 fully saturated rings. The van der Waals surface area contributed by atoms with Crippen molar-refractivity contribution in [3.8, 4) is 0 Å². The molecule has 9 heteroatoms. The van der Waals surface area contributed by atoms with Crippen molar-refractivity contribution in [2.75, 3.05) is 21.9 Å². The molecule has 2 heterocycles. The topological polar surface area (TPSA) is 101 Å². The number of fused-ring (bicyclic) bond motifs is 1. The lowest BCUT2D eigenvalue weighted by atomic mass is 10.2. The summed E-state index contributed by atoms with van der Waals surface area (Å²) in [7, 11) is -3.25. The zero-order chi connectivity index (χ0) is 20.6. The van der Waals surface area contributed by atoms with Crippen LogP contribution in [-0.2, 0) is 14.8 Å². The summed E-state index contributed by atoms with van der Waals surface area (Å²) in [4.78, 5) is 29.5. The van der Waals surface area contributed by atoms with E-state index in [1.807, 2.05) is 0 Å². The first-order valence-electron chi connectivity index (χ1n) is 9.24. The first kappa shape index (κ1) is 19.1. The molecule has 4 rings (SSSR count). The summed E-state index contributed by atoms with van der Waals surface area (Å²) in [5.74, 6) is -0.219. The molecule has 1 atom stereocenters. The Morgan fingerprint density at radius 3 is 2.55 bits per heavy atom. The lowest BCUT2D eigenvalue weighted by Crippen LogP contribution is -2.31. The molecule has 1 aliphatic rings. The third-order valence-electron chi connectivity index (χ3n) is 5.01. The van der Waals surface area contributed by atoms with Gasteiger partial charge >= 0.3 is 0 Å². The van der Waals surface area contributed by atoms with Gasteiger partial charge in [0.05, 0.1) is 28.7 Å². The molecular formula is C20H20N4O4S. The molecule has 1 amide bonds. The first-order valence-corrected chi connectivity index (χ1v) is 10.8. The lowest BCUT2D eigenvalue weighted by Gasteiger charge is -2.18. The fourth-order valence-electron chi connectivity index (χ4n) is 3.37. The van der Waals surface area contributed by atoms with Gasteiger partial charge in [-0.05, 0) is 49.7 Å². The van der Waals surface area contributed by atoms with Crippen LogP contribution in [0.3, 0.4) is 0 Å². The van der Waals surface area contributed by atoms with E-state index in [1.165, 1.54) is 15.2 Å².